The van der Waals surface area contributed by atoms with Crippen LogP contribution in [0.5, 0.6) is 11.5 Å². The zero-order valence-corrected chi connectivity index (χ0v) is 27.0. The summed E-state index contributed by atoms with van der Waals surface area (Å²) in [5.41, 5.74) is 5.69. The van der Waals surface area contributed by atoms with Crippen LogP contribution in [0.1, 0.15) is 28.7 Å². The Morgan fingerprint density at radius 1 is 1.04 bits per heavy atom. The number of hydrogen-bond donors (Lipinski definition) is 1. The normalized spacial score (nSPS) is 16.1. The van der Waals surface area contributed by atoms with Gasteiger partial charge in [0.25, 0.3) is 17.0 Å². The van der Waals surface area contributed by atoms with Crippen LogP contribution in [0.2, 0.25) is 0 Å². The Morgan fingerprint density at radius 2 is 1.79 bits per heavy atom. The zero-order valence-electron chi connectivity index (χ0n) is 27.0. The number of aromatic nitrogens is 2. The summed E-state index contributed by atoms with van der Waals surface area (Å²) >= 11 is 0. The van der Waals surface area contributed by atoms with Gasteiger partial charge in [0.05, 0.1) is 26.7 Å². The lowest BCUT2D eigenvalue weighted by atomic mass is 9.98. The molecule has 6 rings (SSSR count). The fraction of sp³-hybridized carbons (Fsp3) is 0.270. The predicted molar refractivity (Wildman–Crippen MR) is 181 cm³/mol. The fourth-order valence-corrected chi connectivity index (χ4v) is 6.06. The highest BCUT2D eigenvalue weighted by Gasteiger charge is 2.20. The molecule has 47 heavy (non-hydrogen) atoms. The van der Waals surface area contributed by atoms with E-state index >= 15 is 0 Å². The lowest BCUT2D eigenvalue weighted by Crippen LogP contribution is -2.52. The maximum atomic E-state index is 13.4. The van der Waals surface area contributed by atoms with Gasteiger partial charge < -0.3 is 28.3 Å². The van der Waals surface area contributed by atoms with Crippen molar-refractivity contribution in [2.45, 2.75) is 25.8 Å². The molecule has 0 bridgehead atoms. The van der Waals surface area contributed by atoms with Crippen molar-refractivity contribution >= 4 is 23.2 Å². The fourth-order valence-electron chi connectivity index (χ4n) is 6.06. The van der Waals surface area contributed by atoms with E-state index in [0.29, 0.717) is 23.1 Å². The molecule has 2 aliphatic rings. The second-order valence-electron chi connectivity index (χ2n) is 11.8. The third-order valence-corrected chi connectivity index (χ3v) is 8.91. The molecule has 242 valence electrons. The number of furan rings is 1. The van der Waals surface area contributed by atoms with Gasteiger partial charge in [-0.15, -0.1) is 0 Å². The van der Waals surface area contributed by atoms with Gasteiger partial charge in [0, 0.05) is 50.6 Å². The van der Waals surface area contributed by atoms with Crippen molar-refractivity contribution in [3.63, 3.8) is 0 Å². The van der Waals surface area contributed by atoms with E-state index in [0.717, 1.165) is 49.7 Å². The monoisotopic (exact) mass is 634 g/mol. The molecule has 2 aromatic heterocycles. The molecule has 1 N–H and O–H groups in total. The van der Waals surface area contributed by atoms with Gasteiger partial charge in [-0.05, 0) is 84.0 Å². The first-order chi connectivity index (χ1) is 22.7. The summed E-state index contributed by atoms with van der Waals surface area (Å²) in [5.74, 6) is 1.38. The maximum absolute atomic E-state index is 13.4. The van der Waals surface area contributed by atoms with Crippen LogP contribution in [0.3, 0.4) is 0 Å². The Morgan fingerprint density at radius 3 is 2.45 bits per heavy atom. The molecule has 10 heteroatoms. The van der Waals surface area contributed by atoms with Crippen LogP contribution in [-0.2, 0) is 31.2 Å². The van der Waals surface area contributed by atoms with E-state index in [1.54, 1.807) is 63.6 Å². The first-order valence-electron chi connectivity index (χ1n) is 15.5. The molecular formula is C37H38N4O6. The van der Waals surface area contributed by atoms with Crippen LogP contribution in [-0.4, -0.2) is 54.7 Å². The summed E-state index contributed by atoms with van der Waals surface area (Å²) in [6.07, 6.45) is 12.0. The summed E-state index contributed by atoms with van der Waals surface area (Å²) in [4.78, 5) is 46.1. The molecule has 0 radical (unpaired) electrons. The van der Waals surface area contributed by atoms with E-state index in [-0.39, 0.29) is 27.7 Å². The van der Waals surface area contributed by atoms with Crippen LogP contribution < -0.4 is 36.2 Å². The summed E-state index contributed by atoms with van der Waals surface area (Å²) in [7, 11) is 6.64. The minimum Gasteiger partial charge on any atom is -0.493 e. The molecule has 1 amide bonds. The first-order valence-corrected chi connectivity index (χ1v) is 15.5. The molecule has 0 unspecified atom stereocenters. The number of likely N-dealkylation sites (N-methyl/N-ethyl adjacent to an activating group) is 1. The Labute approximate surface area is 272 Å². The number of nitrogens with one attached hydrogen (secondary N) is 1. The number of hydrogen-bond acceptors (Lipinski definition) is 7. The summed E-state index contributed by atoms with van der Waals surface area (Å²) in [5, 5.41) is 0.429. The largest absolute Gasteiger partial charge is 0.493 e. The highest BCUT2D eigenvalue weighted by atomic mass is 16.5. The van der Waals surface area contributed by atoms with Gasteiger partial charge in [-0.2, -0.15) is 0 Å². The van der Waals surface area contributed by atoms with Crippen molar-refractivity contribution in [2.75, 3.05) is 39.3 Å². The van der Waals surface area contributed by atoms with Crippen LogP contribution in [0.25, 0.3) is 11.6 Å². The quantitative estimate of drug-likeness (QED) is 0.318. The minimum atomic E-state index is -0.388. The number of carbonyl (C=O) groups excluding carboxylic acids is 1. The number of anilines is 1. The van der Waals surface area contributed by atoms with Crippen molar-refractivity contribution in [1.29, 1.82) is 0 Å². The van der Waals surface area contributed by atoms with E-state index < -0.39 is 0 Å². The Hall–Kier alpha value is -5.35. The van der Waals surface area contributed by atoms with Gasteiger partial charge in [-0.25, -0.2) is 0 Å². The maximum Gasteiger partial charge on any atom is 0.274 e. The van der Waals surface area contributed by atoms with E-state index in [2.05, 4.69) is 34.1 Å². The smallest absolute Gasteiger partial charge is 0.274 e. The average Bonchev–Trinajstić information content (AvgIpc) is 3.63. The Kier molecular flexibility index (Phi) is 9.12. The van der Waals surface area contributed by atoms with Crippen LogP contribution >= 0.6 is 0 Å². The van der Waals surface area contributed by atoms with E-state index in [1.807, 2.05) is 12.1 Å². The number of nitrogens with zero attached hydrogens (tertiary/aromatic N) is 3. The van der Waals surface area contributed by atoms with Crippen LogP contribution in [0.4, 0.5) is 5.69 Å². The summed E-state index contributed by atoms with van der Waals surface area (Å²) in [6.45, 7) is 2.78. The molecule has 1 aliphatic heterocycles. The Balaban J connectivity index is 1.09. The Bertz CT molecular complexity index is 2100. The lowest BCUT2D eigenvalue weighted by molar-refractivity contribution is -0.114. The van der Waals surface area contributed by atoms with E-state index in [1.165, 1.54) is 33.8 Å². The second kappa shape index (κ2) is 13.6. The molecular weight excluding hydrogens is 596 g/mol. The number of fused-ring (bicyclic) bond motifs is 1. The van der Waals surface area contributed by atoms with Crippen LogP contribution in [0.15, 0.2) is 92.8 Å². The van der Waals surface area contributed by atoms with Crippen molar-refractivity contribution in [3.05, 3.63) is 132 Å². The molecule has 3 heterocycles. The first kappa shape index (κ1) is 31.6. The lowest BCUT2D eigenvalue weighted by Gasteiger charge is -2.29. The van der Waals surface area contributed by atoms with Gasteiger partial charge in [0.15, 0.2) is 11.5 Å². The van der Waals surface area contributed by atoms with Crippen molar-refractivity contribution < 1.29 is 18.7 Å². The van der Waals surface area contributed by atoms with Gasteiger partial charge in [0.1, 0.15) is 10.7 Å². The number of amides is 1. The van der Waals surface area contributed by atoms with Gasteiger partial charge >= 0.3 is 0 Å². The molecule has 0 atom stereocenters. The number of carbonyl (C=O) groups is 1. The standard InChI is InChI=1S/C37H38N4O6/c1-39(30-11-5-24(6-12-30)13-16-41-17-14-28-20-32(45-3)33(46-4)21-29(28)22-41)36(43)27-9-7-26(8-10-27)34-37(44)40(2)31(35(42)38-34)19-25-15-18-47-23-25/h5-7,9-12,15,18-21,23H,8,13-14,16-17,22H2,1-4H3,(H,38,42). The summed E-state index contributed by atoms with van der Waals surface area (Å²) < 4.78 is 17.3. The molecule has 10 nitrogen and oxygen atoms in total. The number of ether oxygens (including phenoxy) is 2. The average molecular weight is 635 g/mol. The zero-order chi connectivity index (χ0) is 33.1. The van der Waals surface area contributed by atoms with Gasteiger partial charge in [-0.3, -0.25) is 19.3 Å². The minimum absolute atomic E-state index is 0.154. The van der Waals surface area contributed by atoms with Gasteiger partial charge in [0.2, 0.25) is 0 Å². The number of methoxy groups -OCH3 is 2. The highest BCUT2D eigenvalue weighted by molar-refractivity contribution is 6.07. The molecule has 0 saturated heterocycles. The summed E-state index contributed by atoms with van der Waals surface area (Å²) in [6, 6.07) is 14.0. The second-order valence-corrected chi connectivity index (χ2v) is 11.8. The SMILES string of the molecule is COc1cc2c(cc1OC)CN(CCc1ccc(N(C)C(=O)C3=CCC(=c4[nH]c(=O)c(=Cc5ccoc5)n(C)c4=O)C=C3)cc1)CC2. The van der Waals surface area contributed by atoms with E-state index in [4.69, 9.17) is 13.9 Å². The van der Waals surface area contributed by atoms with Crippen molar-refractivity contribution in [3.8, 4) is 11.5 Å². The number of benzene rings is 2. The molecule has 0 saturated carbocycles. The number of aromatic amines is 1. The third kappa shape index (κ3) is 6.64. The molecule has 2 aromatic carbocycles. The number of allylic oxidation sites excluding steroid dienone is 2. The van der Waals surface area contributed by atoms with Crippen molar-refractivity contribution in [2.24, 2.45) is 7.05 Å². The van der Waals surface area contributed by atoms with Crippen molar-refractivity contribution in [1.82, 2.24) is 14.5 Å². The number of rotatable bonds is 8. The van der Waals surface area contributed by atoms with Crippen LogP contribution in [0, 0.1) is 0 Å². The third-order valence-electron chi connectivity index (χ3n) is 8.91. The molecule has 4 aromatic rings. The molecule has 1 aliphatic carbocycles. The highest BCUT2D eigenvalue weighted by Crippen LogP contribution is 2.33. The molecule has 0 fully saturated rings. The van der Waals surface area contributed by atoms with E-state index in [9.17, 15) is 14.4 Å². The molecule has 0 spiro atoms. The van der Waals surface area contributed by atoms with Gasteiger partial charge in [-0.1, -0.05) is 24.3 Å². The topological polar surface area (TPSA) is 110 Å². The predicted octanol–water partition coefficient (Wildman–Crippen LogP) is 2.81. The number of H-pyrrole nitrogens is 1.